The summed E-state index contributed by atoms with van der Waals surface area (Å²) in [6.45, 7) is 0.412. The van der Waals surface area contributed by atoms with Crippen molar-refractivity contribution in [3.63, 3.8) is 0 Å². The normalized spacial score (nSPS) is 10.5. The third-order valence-corrected chi connectivity index (χ3v) is 4.48. The molecule has 0 spiro atoms. The Morgan fingerprint density at radius 1 is 1.15 bits per heavy atom. The summed E-state index contributed by atoms with van der Waals surface area (Å²) in [5, 5.41) is 8.43. The highest BCUT2D eigenvalue weighted by Gasteiger charge is 2.15. The predicted octanol–water partition coefficient (Wildman–Crippen LogP) is 4.72. The first kappa shape index (κ1) is 18.4. The number of hydrogen-bond acceptors (Lipinski definition) is 5. The fourth-order valence-corrected chi connectivity index (χ4v) is 3.03. The third-order valence-electron chi connectivity index (χ3n) is 3.75. The average Bonchev–Trinajstić information content (AvgIpc) is 2.64. The lowest BCUT2D eigenvalue weighted by Gasteiger charge is -2.14. The third kappa shape index (κ3) is 4.20. The number of nitrogens with two attached hydrogens (primary N) is 1. The number of anilines is 1. The van der Waals surface area contributed by atoms with Crippen LogP contribution in [0.5, 0.6) is 5.75 Å². The maximum atomic E-state index is 7.92. The highest BCUT2D eigenvalue weighted by atomic mass is 79.9. The molecule has 0 aliphatic rings. The van der Waals surface area contributed by atoms with Gasteiger partial charge in [-0.1, -0.05) is 17.7 Å². The summed E-state index contributed by atoms with van der Waals surface area (Å²) < 4.78 is 6.05. The fourth-order valence-electron chi connectivity index (χ4n) is 2.47. The molecular formula is C19H16BrClN4O. The molecule has 3 N–H and O–H groups in total. The van der Waals surface area contributed by atoms with Crippen LogP contribution < -0.4 is 10.5 Å². The molecule has 132 valence electrons. The summed E-state index contributed by atoms with van der Waals surface area (Å²) in [5.41, 5.74) is 9.38. The summed E-state index contributed by atoms with van der Waals surface area (Å²) in [7, 11) is 0. The average molecular weight is 432 g/mol. The van der Waals surface area contributed by atoms with Crippen LogP contribution in [0.2, 0.25) is 5.02 Å². The summed E-state index contributed by atoms with van der Waals surface area (Å²) in [6, 6.07) is 12.8. The minimum Gasteiger partial charge on any atom is -0.491 e. The maximum Gasteiger partial charge on any atom is 0.143 e. The van der Waals surface area contributed by atoms with E-state index in [1.807, 2.05) is 18.2 Å². The van der Waals surface area contributed by atoms with E-state index in [0.717, 1.165) is 11.3 Å². The molecule has 0 bridgehead atoms. The molecule has 0 fully saturated rings. The van der Waals surface area contributed by atoms with Crippen molar-refractivity contribution in [2.45, 2.75) is 6.42 Å². The Balaban J connectivity index is 1.91. The molecule has 0 radical (unpaired) electrons. The molecule has 0 aliphatic heterocycles. The lowest BCUT2D eigenvalue weighted by Crippen LogP contribution is -2.07. The zero-order valence-corrected chi connectivity index (χ0v) is 16.1. The van der Waals surface area contributed by atoms with Gasteiger partial charge < -0.3 is 10.5 Å². The van der Waals surface area contributed by atoms with Gasteiger partial charge in [0.15, 0.2) is 0 Å². The molecule has 0 saturated heterocycles. The molecule has 0 amide bonds. The zero-order chi connectivity index (χ0) is 18.5. The lowest BCUT2D eigenvalue weighted by molar-refractivity contribution is 0.322. The molecule has 3 rings (SSSR count). The summed E-state index contributed by atoms with van der Waals surface area (Å²) in [5.74, 6) is 0.486. The van der Waals surface area contributed by atoms with Gasteiger partial charge in [0.05, 0.1) is 23.0 Å². The number of hydrogen-bond donors (Lipinski definition) is 2. The molecule has 1 aromatic carbocycles. The topological polar surface area (TPSA) is 84.9 Å². The second-order valence-electron chi connectivity index (χ2n) is 5.50. The molecule has 0 aliphatic carbocycles. The standard InChI is InChI=1S/C19H16BrClN4O/c20-19(23)14-10-12(18-15(21)5-3-8-25-18)11-16(17(14)22)26-9-6-13-4-1-2-7-24-13/h1-5,7-8,10-11,23H,6,9,22H2. The van der Waals surface area contributed by atoms with Gasteiger partial charge in [-0.2, -0.15) is 0 Å². The zero-order valence-electron chi connectivity index (χ0n) is 13.7. The smallest absolute Gasteiger partial charge is 0.143 e. The van der Waals surface area contributed by atoms with Gasteiger partial charge in [0.25, 0.3) is 0 Å². The van der Waals surface area contributed by atoms with Gasteiger partial charge in [0.2, 0.25) is 0 Å². The maximum absolute atomic E-state index is 7.92. The minimum atomic E-state index is 0.165. The number of benzene rings is 1. The molecule has 7 heteroatoms. The van der Waals surface area contributed by atoms with Crippen molar-refractivity contribution >= 4 is 37.8 Å². The van der Waals surface area contributed by atoms with Crippen LogP contribution >= 0.6 is 27.5 Å². The van der Waals surface area contributed by atoms with E-state index in [9.17, 15) is 0 Å². The van der Waals surface area contributed by atoms with E-state index in [-0.39, 0.29) is 4.62 Å². The number of rotatable bonds is 6. The van der Waals surface area contributed by atoms with Crippen LogP contribution in [-0.4, -0.2) is 21.2 Å². The van der Waals surface area contributed by atoms with Crippen LogP contribution in [0, 0.1) is 5.41 Å². The van der Waals surface area contributed by atoms with Crippen LogP contribution in [0.25, 0.3) is 11.3 Å². The van der Waals surface area contributed by atoms with Gasteiger partial charge in [-0.3, -0.25) is 15.4 Å². The van der Waals surface area contributed by atoms with Gasteiger partial charge in [-0.15, -0.1) is 0 Å². The van der Waals surface area contributed by atoms with Gasteiger partial charge in [-0.25, -0.2) is 0 Å². The Kier molecular flexibility index (Phi) is 5.85. The Morgan fingerprint density at radius 3 is 2.65 bits per heavy atom. The Morgan fingerprint density at radius 2 is 1.96 bits per heavy atom. The van der Waals surface area contributed by atoms with Crippen molar-refractivity contribution in [2.75, 3.05) is 12.3 Å². The van der Waals surface area contributed by atoms with Crippen molar-refractivity contribution in [2.24, 2.45) is 0 Å². The van der Waals surface area contributed by atoms with E-state index in [4.69, 9.17) is 27.5 Å². The van der Waals surface area contributed by atoms with E-state index in [1.54, 1.807) is 36.7 Å². The van der Waals surface area contributed by atoms with Crippen molar-refractivity contribution in [3.05, 3.63) is 71.1 Å². The first-order valence-electron chi connectivity index (χ1n) is 7.88. The Labute approximate surface area is 164 Å². The quantitative estimate of drug-likeness (QED) is 0.437. The van der Waals surface area contributed by atoms with Gasteiger partial charge in [0, 0.05) is 35.6 Å². The molecule has 5 nitrogen and oxygen atoms in total. The highest BCUT2D eigenvalue weighted by Crippen LogP contribution is 2.35. The lowest BCUT2D eigenvalue weighted by atomic mass is 10.0. The number of nitrogens with zero attached hydrogens (tertiary/aromatic N) is 2. The van der Waals surface area contributed by atoms with E-state index in [2.05, 4.69) is 25.9 Å². The molecule has 0 saturated carbocycles. The summed E-state index contributed by atoms with van der Waals surface area (Å²) >= 11 is 9.44. The van der Waals surface area contributed by atoms with Crippen molar-refractivity contribution in [3.8, 4) is 17.0 Å². The molecule has 3 aromatic rings. The SMILES string of the molecule is N=C(Br)c1cc(-c2ncccc2Cl)cc(OCCc2ccccn2)c1N. The monoisotopic (exact) mass is 430 g/mol. The number of halogens is 2. The van der Waals surface area contributed by atoms with Crippen LogP contribution in [0.1, 0.15) is 11.3 Å². The first-order valence-corrected chi connectivity index (χ1v) is 9.05. The van der Waals surface area contributed by atoms with Gasteiger partial charge in [-0.05, 0) is 52.3 Å². The van der Waals surface area contributed by atoms with Crippen molar-refractivity contribution in [1.82, 2.24) is 9.97 Å². The van der Waals surface area contributed by atoms with Crippen LogP contribution in [0.3, 0.4) is 0 Å². The molecule has 26 heavy (non-hydrogen) atoms. The van der Waals surface area contributed by atoms with Gasteiger partial charge >= 0.3 is 0 Å². The van der Waals surface area contributed by atoms with E-state index in [1.165, 1.54) is 0 Å². The molecule has 0 atom stereocenters. The summed E-state index contributed by atoms with van der Waals surface area (Å²) in [4.78, 5) is 8.60. The fraction of sp³-hybridized carbons (Fsp3) is 0.105. The highest BCUT2D eigenvalue weighted by molar-refractivity contribution is 9.18. The second kappa shape index (κ2) is 8.29. The van der Waals surface area contributed by atoms with Gasteiger partial charge in [0.1, 0.15) is 10.4 Å². The molecule has 0 unspecified atom stereocenters. The van der Waals surface area contributed by atoms with E-state index in [0.29, 0.717) is 40.7 Å². The largest absolute Gasteiger partial charge is 0.491 e. The van der Waals surface area contributed by atoms with Crippen LogP contribution in [0.15, 0.2) is 54.9 Å². The predicted molar refractivity (Wildman–Crippen MR) is 108 cm³/mol. The number of nitrogens with one attached hydrogen (secondary N) is 1. The first-order chi connectivity index (χ1) is 12.6. The number of ether oxygens (including phenoxy) is 1. The van der Waals surface area contributed by atoms with E-state index >= 15 is 0 Å². The second-order valence-corrected chi connectivity index (χ2v) is 6.70. The number of nitrogen functional groups attached to an aromatic ring is 1. The molecule has 2 aromatic heterocycles. The number of pyridine rings is 2. The van der Waals surface area contributed by atoms with Crippen molar-refractivity contribution in [1.29, 1.82) is 5.41 Å². The molecule has 2 heterocycles. The molecular weight excluding hydrogens is 416 g/mol. The van der Waals surface area contributed by atoms with E-state index < -0.39 is 0 Å². The Bertz CT molecular complexity index is 934. The van der Waals surface area contributed by atoms with Crippen LogP contribution in [0.4, 0.5) is 5.69 Å². The Hall–Kier alpha value is -2.44. The van der Waals surface area contributed by atoms with Crippen LogP contribution in [-0.2, 0) is 6.42 Å². The van der Waals surface area contributed by atoms with Crippen molar-refractivity contribution < 1.29 is 4.74 Å². The minimum absolute atomic E-state index is 0.165. The number of aromatic nitrogens is 2. The summed E-state index contributed by atoms with van der Waals surface area (Å²) in [6.07, 6.45) is 4.06.